The van der Waals surface area contributed by atoms with Gasteiger partial charge in [-0.3, -0.25) is 13.9 Å². The van der Waals surface area contributed by atoms with Gasteiger partial charge in [-0.15, -0.1) is 11.8 Å². The van der Waals surface area contributed by atoms with Crippen molar-refractivity contribution in [3.63, 3.8) is 0 Å². The molecule has 0 aromatic heterocycles. The lowest BCUT2D eigenvalue weighted by molar-refractivity contribution is -0.140. The van der Waals surface area contributed by atoms with E-state index in [4.69, 9.17) is 4.74 Å². The molecule has 0 aliphatic rings. The van der Waals surface area contributed by atoms with E-state index in [0.29, 0.717) is 18.8 Å². The Morgan fingerprint density at radius 2 is 1.60 bits per heavy atom. The molecule has 1 N–H and O–H groups in total. The number of nitrogens with zero attached hydrogens (tertiary/aromatic N) is 2. The number of rotatable bonds is 14. The van der Waals surface area contributed by atoms with Crippen molar-refractivity contribution in [2.24, 2.45) is 0 Å². The molecule has 2 amide bonds. The van der Waals surface area contributed by atoms with Gasteiger partial charge in [-0.2, -0.15) is 0 Å². The Hall–Kier alpha value is -3.50. The van der Waals surface area contributed by atoms with Gasteiger partial charge in [0, 0.05) is 17.5 Å². The van der Waals surface area contributed by atoms with Gasteiger partial charge in [-0.05, 0) is 87.9 Å². The van der Waals surface area contributed by atoms with E-state index in [1.807, 2.05) is 65.1 Å². The van der Waals surface area contributed by atoms with Crippen LogP contribution in [0.4, 0.5) is 5.69 Å². The quantitative estimate of drug-likeness (QED) is 0.237. The smallest absolute Gasteiger partial charge is 0.264 e. The first kappa shape index (κ1) is 33.0. The van der Waals surface area contributed by atoms with E-state index in [2.05, 4.69) is 5.32 Å². The van der Waals surface area contributed by atoms with E-state index in [-0.39, 0.29) is 29.1 Å². The van der Waals surface area contributed by atoms with E-state index >= 15 is 0 Å². The Bertz CT molecular complexity index is 1460. The predicted molar refractivity (Wildman–Crippen MR) is 169 cm³/mol. The maximum absolute atomic E-state index is 14.3. The monoisotopic (exact) mass is 611 g/mol. The van der Waals surface area contributed by atoms with Gasteiger partial charge in [0.2, 0.25) is 11.8 Å². The third-order valence-corrected chi connectivity index (χ3v) is 9.30. The van der Waals surface area contributed by atoms with Crippen LogP contribution in [0, 0.1) is 6.92 Å². The molecule has 0 radical (unpaired) electrons. The minimum Gasteiger partial charge on any atom is -0.492 e. The Morgan fingerprint density at radius 3 is 2.19 bits per heavy atom. The third-order valence-electron chi connectivity index (χ3n) is 6.78. The van der Waals surface area contributed by atoms with Crippen LogP contribution in [0.15, 0.2) is 82.6 Å². The molecule has 0 bridgehead atoms. The van der Waals surface area contributed by atoms with Crippen molar-refractivity contribution >= 4 is 39.3 Å². The Morgan fingerprint density at radius 1 is 0.952 bits per heavy atom. The lowest BCUT2D eigenvalue weighted by Crippen LogP contribution is -2.53. The molecule has 3 aromatic carbocycles. The van der Waals surface area contributed by atoms with Gasteiger partial charge in [0.15, 0.2) is 0 Å². The zero-order chi connectivity index (χ0) is 30.9. The van der Waals surface area contributed by atoms with Crippen LogP contribution < -0.4 is 14.4 Å². The standard InChI is InChI=1S/C32H41N3O5S2/c1-7-28(32(37)33-23(3)4)34(21-25-14-10-9-13-24(25)5)31(36)22-35(29-15-11-12-16-30(29)40-8-2)42(38,39)27-19-17-26(41-6)18-20-27/h9-20,23,28H,7-8,21-22H2,1-6H3,(H,33,37). The second-order valence-corrected chi connectivity index (χ2v) is 12.9. The highest BCUT2D eigenvalue weighted by Crippen LogP contribution is 2.33. The molecule has 0 heterocycles. The number of nitrogens with one attached hydrogen (secondary N) is 1. The summed E-state index contributed by atoms with van der Waals surface area (Å²) in [5.41, 5.74) is 2.09. The largest absolute Gasteiger partial charge is 0.492 e. The molecular weight excluding hydrogens is 571 g/mol. The molecule has 0 saturated heterocycles. The fourth-order valence-electron chi connectivity index (χ4n) is 4.60. The summed E-state index contributed by atoms with van der Waals surface area (Å²) in [7, 11) is -4.21. The van der Waals surface area contributed by atoms with E-state index < -0.39 is 28.5 Å². The van der Waals surface area contributed by atoms with E-state index in [1.165, 1.54) is 28.8 Å². The summed E-state index contributed by atoms with van der Waals surface area (Å²) in [6, 6.07) is 20.0. The minimum absolute atomic E-state index is 0.0504. The Balaban J connectivity index is 2.13. The fraction of sp³-hybridized carbons (Fsp3) is 0.375. The van der Waals surface area contributed by atoms with Crippen LogP contribution in [0.5, 0.6) is 5.75 Å². The number of para-hydroxylation sites is 2. The summed E-state index contributed by atoms with van der Waals surface area (Å²) in [6.45, 7) is 9.26. The normalized spacial score (nSPS) is 12.1. The lowest BCUT2D eigenvalue weighted by Gasteiger charge is -2.34. The van der Waals surface area contributed by atoms with Crippen LogP contribution >= 0.6 is 11.8 Å². The number of anilines is 1. The van der Waals surface area contributed by atoms with Gasteiger partial charge in [-0.1, -0.05) is 43.3 Å². The van der Waals surface area contributed by atoms with E-state index in [9.17, 15) is 18.0 Å². The Kier molecular flexibility index (Phi) is 11.9. The van der Waals surface area contributed by atoms with Gasteiger partial charge >= 0.3 is 0 Å². The highest BCUT2D eigenvalue weighted by molar-refractivity contribution is 7.98. The zero-order valence-corrected chi connectivity index (χ0v) is 26.8. The summed E-state index contributed by atoms with van der Waals surface area (Å²) in [5.74, 6) is -0.446. The molecule has 3 aromatic rings. The molecule has 0 aliphatic heterocycles. The van der Waals surface area contributed by atoms with Crippen molar-refractivity contribution in [2.45, 2.75) is 69.5 Å². The van der Waals surface area contributed by atoms with Crippen LogP contribution in [-0.2, 0) is 26.2 Å². The molecule has 0 saturated carbocycles. The van der Waals surface area contributed by atoms with Crippen molar-refractivity contribution in [1.29, 1.82) is 0 Å². The van der Waals surface area contributed by atoms with Crippen LogP contribution in [0.2, 0.25) is 0 Å². The molecule has 8 nitrogen and oxygen atoms in total. The summed E-state index contributed by atoms with van der Waals surface area (Å²) in [4.78, 5) is 30.1. The molecule has 42 heavy (non-hydrogen) atoms. The second-order valence-electron chi connectivity index (χ2n) is 10.1. The second kappa shape index (κ2) is 15.1. The first-order valence-corrected chi connectivity index (χ1v) is 16.7. The lowest BCUT2D eigenvalue weighted by atomic mass is 10.1. The zero-order valence-electron chi connectivity index (χ0n) is 25.2. The van der Waals surface area contributed by atoms with Crippen molar-refractivity contribution in [3.05, 3.63) is 83.9 Å². The van der Waals surface area contributed by atoms with Crippen LogP contribution in [0.25, 0.3) is 0 Å². The average Bonchev–Trinajstić information content (AvgIpc) is 2.96. The van der Waals surface area contributed by atoms with Gasteiger partial charge in [0.05, 0.1) is 17.2 Å². The number of benzene rings is 3. The minimum atomic E-state index is -4.21. The molecule has 10 heteroatoms. The van der Waals surface area contributed by atoms with Crippen LogP contribution in [0.1, 0.15) is 45.2 Å². The maximum Gasteiger partial charge on any atom is 0.264 e. The topological polar surface area (TPSA) is 96.0 Å². The molecule has 226 valence electrons. The van der Waals surface area contributed by atoms with Gasteiger partial charge in [0.25, 0.3) is 10.0 Å². The molecule has 0 aliphatic carbocycles. The number of amides is 2. The van der Waals surface area contributed by atoms with Gasteiger partial charge < -0.3 is 15.0 Å². The molecule has 0 spiro atoms. The van der Waals surface area contributed by atoms with Crippen molar-refractivity contribution in [1.82, 2.24) is 10.2 Å². The molecule has 3 rings (SSSR count). The van der Waals surface area contributed by atoms with E-state index in [0.717, 1.165) is 20.3 Å². The first-order valence-electron chi connectivity index (χ1n) is 14.1. The number of thioether (sulfide) groups is 1. The highest BCUT2D eigenvalue weighted by atomic mass is 32.2. The molecule has 0 fully saturated rings. The maximum atomic E-state index is 14.3. The summed E-state index contributed by atoms with van der Waals surface area (Å²) in [5, 5.41) is 2.92. The SMILES string of the molecule is CCOc1ccccc1N(CC(=O)N(Cc1ccccc1C)C(CC)C(=O)NC(C)C)S(=O)(=O)c1ccc(SC)cc1. The van der Waals surface area contributed by atoms with Gasteiger partial charge in [0.1, 0.15) is 18.3 Å². The predicted octanol–water partition coefficient (Wildman–Crippen LogP) is 5.64. The summed E-state index contributed by atoms with van der Waals surface area (Å²) in [6.07, 6.45) is 2.27. The first-order chi connectivity index (χ1) is 20.0. The van der Waals surface area contributed by atoms with Crippen LogP contribution in [-0.4, -0.2) is 56.6 Å². The van der Waals surface area contributed by atoms with Crippen molar-refractivity contribution in [3.8, 4) is 5.75 Å². The van der Waals surface area contributed by atoms with Crippen LogP contribution in [0.3, 0.4) is 0 Å². The van der Waals surface area contributed by atoms with Crippen molar-refractivity contribution in [2.75, 3.05) is 23.7 Å². The Labute approximate surface area is 254 Å². The fourth-order valence-corrected chi connectivity index (χ4v) is 6.43. The van der Waals surface area contributed by atoms with Crippen molar-refractivity contribution < 1.29 is 22.7 Å². The number of hydrogen-bond acceptors (Lipinski definition) is 6. The van der Waals surface area contributed by atoms with E-state index in [1.54, 1.807) is 36.4 Å². The number of sulfonamides is 1. The number of aryl methyl sites for hydroxylation is 1. The molecule has 1 atom stereocenters. The van der Waals surface area contributed by atoms with Gasteiger partial charge in [-0.25, -0.2) is 8.42 Å². The molecular formula is C32H41N3O5S2. The number of hydrogen-bond donors (Lipinski definition) is 1. The average molecular weight is 612 g/mol. The summed E-state index contributed by atoms with van der Waals surface area (Å²) >= 11 is 1.50. The summed E-state index contributed by atoms with van der Waals surface area (Å²) < 4.78 is 35.3. The highest BCUT2D eigenvalue weighted by Gasteiger charge is 2.35. The number of carbonyl (C=O) groups excluding carboxylic acids is 2. The number of carbonyl (C=O) groups is 2. The third kappa shape index (κ3) is 8.07. The molecule has 1 unspecified atom stereocenters. The number of ether oxygens (including phenoxy) is 1.